The zero-order valence-corrected chi connectivity index (χ0v) is 23.9. The smallest absolute Gasteiger partial charge is 0.410 e. The number of para-hydroxylation sites is 1. The maximum atomic E-state index is 14.3. The summed E-state index contributed by atoms with van der Waals surface area (Å²) in [7, 11) is 0. The lowest BCUT2D eigenvalue weighted by Crippen LogP contribution is -2.49. The molecule has 2 aromatic carbocycles. The van der Waals surface area contributed by atoms with E-state index in [0.717, 1.165) is 11.4 Å². The van der Waals surface area contributed by atoms with Crippen molar-refractivity contribution in [3.8, 4) is 5.69 Å². The van der Waals surface area contributed by atoms with Gasteiger partial charge in [-0.3, -0.25) is 4.79 Å². The van der Waals surface area contributed by atoms with E-state index < -0.39 is 5.60 Å². The standard InChI is InChI=1S/C30H35ClFN5O3/c1-30(2,3)40-29(39)36-13-11-21(12-14-36)27-24(20-33-37(27)23-8-6-7-22(31)19-23)28(38)35-17-15-34(16-18-35)26-10-5-4-9-25(26)32/h4-10,19-21H,11-18H2,1-3H3. The van der Waals surface area contributed by atoms with Crippen LogP contribution in [0.25, 0.3) is 5.69 Å². The minimum absolute atomic E-state index is 0.0128. The van der Waals surface area contributed by atoms with Crippen LogP contribution in [0.4, 0.5) is 14.9 Å². The van der Waals surface area contributed by atoms with Gasteiger partial charge in [-0.2, -0.15) is 5.10 Å². The molecule has 0 atom stereocenters. The van der Waals surface area contributed by atoms with Crippen LogP contribution in [0.3, 0.4) is 0 Å². The Bertz CT molecular complexity index is 1370. The zero-order valence-electron chi connectivity index (χ0n) is 23.1. The van der Waals surface area contributed by atoms with Crippen LogP contribution in [0.2, 0.25) is 5.02 Å². The van der Waals surface area contributed by atoms with Gasteiger partial charge in [0.25, 0.3) is 5.91 Å². The summed E-state index contributed by atoms with van der Waals surface area (Å²) in [5.41, 5.74) is 2.15. The molecule has 0 spiro atoms. The maximum Gasteiger partial charge on any atom is 0.410 e. The van der Waals surface area contributed by atoms with E-state index in [4.69, 9.17) is 16.3 Å². The van der Waals surface area contributed by atoms with Gasteiger partial charge in [-0.25, -0.2) is 13.9 Å². The third kappa shape index (κ3) is 6.09. The summed E-state index contributed by atoms with van der Waals surface area (Å²) in [4.78, 5) is 32.0. The first-order valence-corrected chi connectivity index (χ1v) is 14.1. The lowest BCUT2D eigenvalue weighted by molar-refractivity contribution is 0.0203. The first-order chi connectivity index (χ1) is 19.1. The van der Waals surface area contributed by atoms with E-state index in [0.29, 0.717) is 68.4 Å². The molecule has 2 aliphatic heterocycles. The molecule has 2 aliphatic rings. The summed E-state index contributed by atoms with van der Waals surface area (Å²) in [6, 6.07) is 14.1. The Kier molecular flexibility index (Phi) is 8.03. The second-order valence-electron chi connectivity index (χ2n) is 11.3. The van der Waals surface area contributed by atoms with Crippen molar-refractivity contribution in [3.63, 3.8) is 0 Å². The summed E-state index contributed by atoms with van der Waals surface area (Å²) < 4.78 is 21.7. The van der Waals surface area contributed by atoms with E-state index in [1.54, 1.807) is 29.3 Å². The summed E-state index contributed by atoms with van der Waals surface area (Å²) in [5, 5.41) is 5.22. The Morgan fingerprint density at radius 2 is 1.65 bits per heavy atom. The van der Waals surface area contributed by atoms with Crippen molar-refractivity contribution in [2.45, 2.75) is 45.1 Å². The number of hydrogen-bond acceptors (Lipinski definition) is 5. The van der Waals surface area contributed by atoms with Crippen LogP contribution in [0.1, 0.15) is 55.6 Å². The van der Waals surface area contributed by atoms with E-state index in [1.165, 1.54) is 6.07 Å². The van der Waals surface area contributed by atoms with Crippen LogP contribution in [0, 0.1) is 5.82 Å². The number of benzene rings is 2. The van der Waals surface area contributed by atoms with Crippen molar-refractivity contribution in [1.29, 1.82) is 0 Å². The van der Waals surface area contributed by atoms with Gasteiger partial charge >= 0.3 is 6.09 Å². The minimum atomic E-state index is -0.560. The van der Waals surface area contributed by atoms with Gasteiger partial charge in [0.1, 0.15) is 11.4 Å². The largest absolute Gasteiger partial charge is 0.444 e. The Labute approximate surface area is 239 Å². The Balaban J connectivity index is 1.37. The molecule has 0 unspecified atom stereocenters. The van der Waals surface area contributed by atoms with Crippen molar-refractivity contribution in [3.05, 3.63) is 76.8 Å². The number of nitrogens with zero attached hydrogens (tertiary/aromatic N) is 5. The normalized spacial score (nSPS) is 16.8. The van der Waals surface area contributed by atoms with Gasteiger partial charge < -0.3 is 19.4 Å². The summed E-state index contributed by atoms with van der Waals surface area (Å²) >= 11 is 6.30. The molecule has 3 aromatic rings. The number of carbonyl (C=O) groups excluding carboxylic acids is 2. The molecule has 1 aromatic heterocycles. The number of piperidine rings is 1. The molecule has 3 heterocycles. The Morgan fingerprint density at radius 3 is 2.30 bits per heavy atom. The maximum absolute atomic E-state index is 14.3. The van der Waals surface area contributed by atoms with Gasteiger partial charge in [0.2, 0.25) is 0 Å². The van der Waals surface area contributed by atoms with Gasteiger partial charge in [-0.15, -0.1) is 0 Å². The van der Waals surface area contributed by atoms with Crippen molar-refractivity contribution in [2.24, 2.45) is 0 Å². The Hall–Kier alpha value is -3.59. The highest BCUT2D eigenvalue weighted by Crippen LogP contribution is 2.34. The average Bonchev–Trinajstić information content (AvgIpc) is 3.37. The number of halogens is 2. The van der Waals surface area contributed by atoms with Crippen LogP contribution in [-0.4, -0.2) is 76.5 Å². The fourth-order valence-corrected chi connectivity index (χ4v) is 5.60. The number of ether oxygens (including phenoxy) is 1. The van der Waals surface area contributed by atoms with E-state index in [-0.39, 0.29) is 23.7 Å². The number of piperazine rings is 1. The summed E-state index contributed by atoms with van der Waals surface area (Å²) in [6.45, 7) is 8.65. The molecule has 0 radical (unpaired) electrons. The zero-order chi connectivity index (χ0) is 28.4. The van der Waals surface area contributed by atoms with Gasteiger partial charge in [0, 0.05) is 50.2 Å². The van der Waals surface area contributed by atoms with Crippen LogP contribution >= 0.6 is 11.6 Å². The molecule has 2 amide bonds. The number of amides is 2. The van der Waals surface area contributed by atoms with Gasteiger partial charge in [0.15, 0.2) is 0 Å². The number of rotatable bonds is 4. The quantitative estimate of drug-likeness (QED) is 0.402. The van der Waals surface area contributed by atoms with Crippen molar-refractivity contribution in [2.75, 3.05) is 44.2 Å². The predicted molar refractivity (Wildman–Crippen MR) is 153 cm³/mol. The van der Waals surface area contributed by atoms with E-state index >= 15 is 0 Å². The number of anilines is 1. The van der Waals surface area contributed by atoms with Crippen molar-refractivity contribution in [1.82, 2.24) is 19.6 Å². The number of likely N-dealkylation sites (tertiary alicyclic amines) is 1. The lowest BCUT2D eigenvalue weighted by Gasteiger charge is -2.37. The van der Waals surface area contributed by atoms with Crippen LogP contribution in [-0.2, 0) is 4.74 Å². The molecule has 40 heavy (non-hydrogen) atoms. The summed E-state index contributed by atoms with van der Waals surface area (Å²) in [5.74, 6) is -0.338. The first kappa shape index (κ1) is 28.0. The SMILES string of the molecule is CC(C)(C)OC(=O)N1CCC(c2c(C(=O)N3CCN(c4ccccc4F)CC3)cnn2-c2cccc(Cl)c2)CC1. The second-order valence-corrected chi connectivity index (χ2v) is 11.7. The van der Waals surface area contributed by atoms with Crippen LogP contribution in [0.15, 0.2) is 54.7 Å². The molecule has 0 saturated carbocycles. The molecule has 10 heteroatoms. The highest BCUT2D eigenvalue weighted by molar-refractivity contribution is 6.30. The molecular formula is C30H35ClFN5O3. The topological polar surface area (TPSA) is 70.9 Å². The van der Waals surface area contributed by atoms with Crippen LogP contribution < -0.4 is 4.90 Å². The van der Waals surface area contributed by atoms with Gasteiger partial charge in [0.05, 0.1) is 28.8 Å². The van der Waals surface area contributed by atoms with E-state index in [9.17, 15) is 14.0 Å². The lowest BCUT2D eigenvalue weighted by atomic mass is 9.90. The molecular weight excluding hydrogens is 533 g/mol. The fourth-order valence-electron chi connectivity index (χ4n) is 5.42. The molecule has 2 saturated heterocycles. The van der Waals surface area contributed by atoms with Crippen LogP contribution in [0.5, 0.6) is 0 Å². The van der Waals surface area contributed by atoms with Gasteiger partial charge in [-0.05, 0) is 63.9 Å². The summed E-state index contributed by atoms with van der Waals surface area (Å²) in [6.07, 6.45) is 2.67. The third-order valence-corrected chi connectivity index (χ3v) is 7.62. The van der Waals surface area contributed by atoms with E-state index in [1.807, 2.05) is 59.5 Å². The molecule has 0 N–H and O–H groups in total. The molecule has 8 nitrogen and oxygen atoms in total. The second kappa shape index (κ2) is 11.5. The number of carbonyl (C=O) groups is 2. The first-order valence-electron chi connectivity index (χ1n) is 13.7. The molecule has 212 valence electrons. The van der Waals surface area contributed by atoms with Crippen molar-refractivity contribution >= 4 is 29.3 Å². The molecule has 2 fully saturated rings. The highest BCUT2D eigenvalue weighted by atomic mass is 35.5. The minimum Gasteiger partial charge on any atom is -0.444 e. The number of hydrogen-bond donors (Lipinski definition) is 0. The fraction of sp³-hybridized carbons (Fsp3) is 0.433. The van der Waals surface area contributed by atoms with E-state index in [2.05, 4.69) is 5.10 Å². The predicted octanol–water partition coefficient (Wildman–Crippen LogP) is 5.74. The highest BCUT2D eigenvalue weighted by Gasteiger charge is 2.34. The van der Waals surface area contributed by atoms with Crippen molar-refractivity contribution < 1.29 is 18.7 Å². The Morgan fingerprint density at radius 1 is 0.950 bits per heavy atom. The monoisotopic (exact) mass is 567 g/mol. The van der Waals surface area contributed by atoms with Gasteiger partial charge in [-0.1, -0.05) is 29.8 Å². The average molecular weight is 568 g/mol. The third-order valence-electron chi connectivity index (χ3n) is 7.38. The molecule has 0 aliphatic carbocycles. The molecule has 0 bridgehead atoms. The molecule has 5 rings (SSSR count). The number of aromatic nitrogens is 2.